The van der Waals surface area contributed by atoms with Gasteiger partial charge in [-0.05, 0) is 55.3 Å². The molecule has 0 atom stereocenters. The van der Waals surface area contributed by atoms with Crippen LogP contribution in [0.15, 0.2) is 68.3 Å². The van der Waals surface area contributed by atoms with E-state index in [1.807, 2.05) is 28.9 Å². The highest BCUT2D eigenvalue weighted by Gasteiger charge is 2.19. The summed E-state index contributed by atoms with van der Waals surface area (Å²) in [7, 11) is 0. The molecule has 1 N–H and O–H groups in total. The number of rotatable bonds is 8. The number of halogens is 1. The van der Waals surface area contributed by atoms with Gasteiger partial charge in [0.1, 0.15) is 5.82 Å². The molecule has 198 valence electrons. The second-order valence-corrected chi connectivity index (χ2v) is 9.79. The summed E-state index contributed by atoms with van der Waals surface area (Å²) in [6.45, 7) is 15.8. The summed E-state index contributed by atoms with van der Waals surface area (Å²) in [6.07, 6.45) is 7.85. The first-order valence-electron chi connectivity index (χ1n) is 13.1. The zero-order chi connectivity index (χ0) is 27.5. The maximum atomic E-state index is 15.0. The molecule has 1 aliphatic heterocycles. The van der Waals surface area contributed by atoms with E-state index in [1.54, 1.807) is 25.4 Å². The first kappa shape index (κ1) is 26.0. The Bertz CT molecular complexity index is 1590. The van der Waals surface area contributed by atoms with Gasteiger partial charge in [-0.25, -0.2) is 14.4 Å². The molecule has 5 rings (SSSR count). The standard InChI is InChI=1S/C31H32FN7/c1-5-37-15-17-38(18-16-37)23(4)26-11-9-25(19-21(26)2)36-30-31-35-20-28(39(31)14-13-34-30)27-10-8-24(7-6-12-33)29(32)22(27)3/h5,8-11,13-14,19-20H,1,4,6-7,15-18H2,2-3H3,(H,34,36). The highest BCUT2D eigenvalue weighted by atomic mass is 19.1. The zero-order valence-electron chi connectivity index (χ0n) is 22.4. The molecule has 2 aromatic heterocycles. The lowest BCUT2D eigenvalue weighted by atomic mass is 9.99. The summed E-state index contributed by atoms with van der Waals surface area (Å²) >= 11 is 0. The van der Waals surface area contributed by atoms with E-state index < -0.39 is 0 Å². The molecule has 0 amide bonds. The van der Waals surface area contributed by atoms with Gasteiger partial charge in [-0.1, -0.05) is 31.4 Å². The fourth-order valence-corrected chi connectivity index (χ4v) is 5.16. The predicted octanol–water partition coefficient (Wildman–Crippen LogP) is 6.08. The Morgan fingerprint density at radius 2 is 1.95 bits per heavy atom. The number of hydrogen-bond donors (Lipinski definition) is 1. The third-order valence-corrected chi connectivity index (χ3v) is 7.43. The number of imidazole rings is 1. The second-order valence-electron chi connectivity index (χ2n) is 9.79. The fourth-order valence-electron chi connectivity index (χ4n) is 5.16. The summed E-state index contributed by atoms with van der Waals surface area (Å²) in [5.74, 6) is 0.337. The molecule has 3 heterocycles. The molecular weight excluding hydrogens is 489 g/mol. The van der Waals surface area contributed by atoms with Gasteiger partial charge in [-0.15, -0.1) is 0 Å². The minimum Gasteiger partial charge on any atom is -0.374 e. The predicted molar refractivity (Wildman–Crippen MR) is 154 cm³/mol. The molecule has 0 aliphatic carbocycles. The van der Waals surface area contributed by atoms with Crippen LogP contribution < -0.4 is 5.32 Å². The largest absolute Gasteiger partial charge is 0.374 e. The third-order valence-electron chi connectivity index (χ3n) is 7.43. The highest BCUT2D eigenvalue weighted by Crippen LogP contribution is 2.31. The van der Waals surface area contributed by atoms with Crippen LogP contribution in [0, 0.1) is 31.0 Å². The molecule has 39 heavy (non-hydrogen) atoms. The van der Waals surface area contributed by atoms with Crippen molar-refractivity contribution in [3.05, 3.63) is 96.4 Å². The van der Waals surface area contributed by atoms with Gasteiger partial charge >= 0.3 is 0 Å². The Balaban J connectivity index is 1.38. The topological polar surface area (TPSA) is 72.5 Å². The maximum Gasteiger partial charge on any atom is 0.180 e. The minimum absolute atomic E-state index is 0.273. The maximum absolute atomic E-state index is 15.0. The van der Waals surface area contributed by atoms with E-state index in [0.717, 1.165) is 59.9 Å². The number of aryl methyl sites for hydroxylation is 2. The summed E-state index contributed by atoms with van der Waals surface area (Å²) < 4.78 is 17.0. The van der Waals surface area contributed by atoms with Crippen molar-refractivity contribution in [1.29, 1.82) is 5.26 Å². The van der Waals surface area contributed by atoms with E-state index in [-0.39, 0.29) is 12.2 Å². The molecule has 2 aromatic carbocycles. The average Bonchev–Trinajstić information content (AvgIpc) is 3.38. The smallest absolute Gasteiger partial charge is 0.180 e. The summed E-state index contributed by atoms with van der Waals surface area (Å²) in [4.78, 5) is 13.7. The van der Waals surface area contributed by atoms with Crippen LogP contribution in [0.1, 0.15) is 28.7 Å². The Morgan fingerprint density at radius 1 is 1.15 bits per heavy atom. The van der Waals surface area contributed by atoms with Gasteiger partial charge in [-0.2, -0.15) is 5.26 Å². The van der Waals surface area contributed by atoms with E-state index in [0.29, 0.717) is 29.0 Å². The molecule has 0 bridgehead atoms. The van der Waals surface area contributed by atoms with Crippen LogP contribution in [-0.2, 0) is 6.42 Å². The molecule has 1 aliphatic rings. The Kier molecular flexibility index (Phi) is 7.33. The monoisotopic (exact) mass is 521 g/mol. The molecule has 0 unspecified atom stereocenters. The van der Waals surface area contributed by atoms with Gasteiger partial charge in [0.25, 0.3) is 0 Å². The van der Waals surface area contributed by atoms with Crippen molar-refractivity contribution >= 4 is 22.8 Å². The van der Waals surface area contributed by atoms with Gasteiger partial charge in [0.15, 0.2) is 11.5 Å². The molecule has 7 nitrogen and oxygen atoms in total. The van der Waals surface area contributed by atoms with E-state index in [4.69, 9.17) is 5.26 Å². The van der Waals surface area contributed by atoms with Crippen molar-refractivity contribution in [2.75, 3.05) is 31.5 Å². The molecule has 0 saturated carbocycles. The van der Waals surface area contributed by atoms with E-state index >= 15 is 4.39 Å². The molecule has 1 fully saturated rings. The molecule has 4 aromatic rings. The third kappa shape index (κ3) is 5.08. The van der Waals surface area contributed by atoms with Crippen LogP contribution in [0.4, 0.5) is 15.9 Å². The lowest BCUT2D eigenvalue weighted by Gasteiger charge is -2.36. The number of benzene rings is 2. The number of fused-ring (bicyclic) bond motifs is 1. The summed E-state index contributed by atoms with van der Waals surface area (Å²) in [6, 6.07) is 11.9. The first-order chi connectivity index (χ1) is 18.9. The number of aromatic nitrogens is 3. The molecular formula is C31H32FN7. The lowest BCUT2D eigenvalue weighted by molar-refractivity contribution is 0.229. The Morgan fingerprint density at radius 3 is 2.67 bits per heavy atom. The van der Waals surface area contributed by atoms with Crippen LogP contribution in [0.3, 0.4) is 0 Å². The van der Waals surface area contributed by atoms with Crippen molar-refractivity contribution in [3.8, 4) is 17.3 Å². The Labute approximate surface area is 228 Å². The van der Waals surface area contributed by atoms with Crippen molar-refractivity contribution in [1.82, 2.24) is 24.2 Å². The van der Waals surface area contributed by atoms with Crippen LogP contribution in [0.5, 0.6) is 0 Å². The fraction of sp³-hybridized carbons (Fsp3) is 0.258. The van der Waals surface area contributed by atoms with E-state index in [1.165, 1.54) is 0 Å². The van der Waals surface area contributed by atoms with Gasteiger partial charge in [0.05, 0.1) is 18.0 Å². The first-order valence-corrected chi connectivity index (χ1v) is 13.1. The van der Waals surface area contributed by atoms with Crippen molar-refractivity contribution < 1.29 is 4.39 Å². The second kappa shape index (κ2) is 11.0. The number of piperazine rings is 1. The molecule has 1 saturated heterocycles. The SMILES string of the molecule is C=CN1CCN(C(=C)c2ccc(Nc3nccn4c(-c5ccc(CCC#N)c(F)c5C)cnc34)cc2C)CC1. The Hall–Kier alpha value is -4.64. The average molecular weight is 522 g/mol. The van der Waals surface area contributed by atoms with E-state index in [9.17, 15) is 0 Å². The number of nitrogens with zero attached hydrogens (tertiary/aromatic N) is 6. The van der Waals surface area contributed by atoms with Gasteiger partial charge < -0.3 is 15.1 Å². The van der Waals surface area contributed by atoms with Gasteiger partial charge in [0, 0.05) is 67.5 Å². The van der Waals surface area contributed by atoms with Crippen molar-refractivity contribution in [2.45, 2.75) is 26.7 Å². The molecule has 8 heteroatoms. The number of nitriles is 1. The lowest BCUT2D eigenvalue weighted by Crippen LogP contribution is -2.42. The number of nitrogens with one attached hydrogen (secondary N) is 1. The van der Waals surface area contributed by atoms with Crippen LogP contribution in [0.25, 0.3) is 22.6 Å². The van der Waals surface area contributed by atoms with Crippen LogP contribution >= 0.6 is 0 Å². The number of anilines is 2. The molecule has 0 spiro atoms. The summed E-state index contributed by atoms with van der Waals surface area (Å²) in [5.41, 5.74) is 7.44. The van der Waals surface area contributed by atoms with E-state index in [2.05, 4.69) is 63.4 Å². The van der Waals surface area contributed by atoms with Gasteiger partial charge in [0.2, 0.25) is 0 Å². The van der Waals surface area contributed by atoms with Gasteiger partial charge in [-0.3, -0.25) is 4.40 Å². The summed E-state index contributed by atoms with van der Waals surface area (Å²) in [5, 5.41) is 12.3. The molecule has 0 radical (unpaired) electrons. The quantitative estimate of drug-likeness (QED) is 0.303. The van der Waals surface area contributed by atoms with Crippen LogP contribution in [0.2, 0.25) is 0 Å². The normalized spacial score (nSPS) is 13.4. The zero-order valence-corrected chi connectivity index (χ0v) is 22.4. The van der Waals surface area contributed by atoms with Crippen molar-refractivity contribution in [3.63, 3.8) is 0 Å². The number of hydrogen-bond acceptors (Lipinski definition) is 6. The van der Waals surface area contributed by atoms with Crippen LogP contribution in [-0.4, -0.2) is 50.3 Å². The minimum atomic E-state index is -0.273. The van der Waals surface area contributed by atoms with Crippen molar-refractivity contribution in [2.24, 2.45) is 0 Å². The highest BCUT2D eigenvalue weighted by molar-refractivity contribution is 5.76.